The number of rotatable bonds is 11. The number of isocyanates is 1. The maximum atomic E-state index is 11.1. The summed E-state index contributed by atoms with van der Waals surface area (Å²) in [4.78, 5) is 110. The monoisotopic (exact) mass is 825 g/mol. The standard InChI is InChI=1S/C10H16O5.C8H14N3O3.C8H14O4.C7H11NO3.C2H3ClO/c1-7(11)14-8(12)5-6-9(13)15-10(2,3)4;1-8(2,3)14-7(13)5-4-6(12)10-11-9;1-8(2,3)12-7(11)5-4-6(9)10;1-7(2,3)11-6(10)4-8-5-9;1-2(3)4/h5-6H2,1-4H3;9H,4-5H2,1-3H3;4-5H2,1-3H3,(H,9,10);4H2,1-3H3;1H3/q;+1;;;. The summed E-state index contributed by atoms with van der Waals surface area (Å²) in [5.74, 6) is -4.89. The lowest BCUT2D eigenvalue weighted by molar-refractivity contribution is -0.163. The number of ether oxygens (including phenoxy) is 5. The summed E-state index contributed by atoms with van der Waals surface area (Å²) in [6, 6.07) is 0. The SMILES string of the molecule is CC(=O)Cl.CC(=O)OC(=O)CCC(=O)OC(C)(C)C.CC(C)(C)OC(=O)CCC(=O)N=[N+]=N.CC(C)(C)OC(=O)CCC(=O)O.CC(C)(C)OC(=O)CN=C=O. The Kier molecular flexibility index (Phi) is 33.3. The first-order valence-electron chi connectivity index (χ1n) is 16.7. The molecule has 0 aliphatic rings. The van der Waals surface area contributed by atoms with Crippen LogP contribution in [-0.2, 0) is 71.6 Å². The smallest absolute Gasteiger partial charge is 0.330 e. The van der Waals surface area contributed by atoms with E-state index >= 15 is 0 Å². The molecule has 0 radical (unpaired) electrons. The third-order valence-electron chi connectivity index (χ3n) is 3.99. The summed E-state index contributed by atoms with van der Waals surface area (Å²) in [5, 5.41) is 10.8. The average molecular weight is 826 g/mol. The van der Waals surface area contributed by atoms with Gasteiger partial charge in [0, 0.05) is 20.3 Å². The van der Waals surface area contributed by atoms with E-state index < -0.39 is 70.1 Å². The van der Waals surface area contributed by atoms with Gasteiger partial charge in [0.2, 0.25) is 16.2 Å². The molecule has 0 aromatic rings. The van der Waals surface area contributed by atoms with Crippen molar-refractivity contribution in [2.75, 3.05) is 6.54 Å². The molecule has 21 heteroatoms. The molecule has 1 amide bonds. The van der Waals surface area contributed by atoms with E-state index in [0.717, 1.165) is 6.92 Å². The number of nitrogens with zero attached hydrogens (tertiary/aromatic N) is 3. The molecule has 0 aliphatic heterocycles. The molecule has 0 bridgehead atoms. The molecule has 0 aromatic carbocycles. The third-order valence-corrected chi connectivity index (χ3v) is 3.99. The highest BCUT2D eigenvalue weighted by atomic mass is 35.5. The van der Waals surface area contributed by atoms with Gasteiger partial charge in [-0.3, -0.25) is 38.4 Å². The van der Waals surface area contributed by atoms with Crippen LogP contribution in [0.2, 0.25) is 0 Å². The number of amides is 1. The highest BCUT2D eigenvalue weighted by molar-refractivity contribution is 6.62. The van der Waals surface area contributed by atoms with E-state index in [9.17, 15) is 47.9 Å². The molecule has 20 nitrogen and oxygen atoms in total. The fourth-order valence-corrected chi connectivity index (χ4v) is 2.59. The van der Waals surface area contributed by atoms with E-state index in [1.807, 2.05) is 0 Å². The largest absolute Gasteiger partial charge is 0.481 e. The summed E-state index contributed by atoms with van der Waals surface area (Å²) in [7, 11) is 0. The van der Waals surface area contributed by atoms with Crippen LogP contribution < -0.4 is 4.91 Å². The minimum absolute atomic E-state index is 0.0326. The van der Waals surface area contributed by atoms with Crippen molar-refractivity contribution in [3.63, 3.8) is 0 Å². The molecule has 0 aliphatic carbocycles. The lowest BCUT2D eigenvalue weighted by Gasteiger charge is -2.19. The molecule has 0 unspecified atom stereocenters. The zero-order chi connectivity index (χ0) is 45.5. The number of carboxylic acid groups (broad SMARTS) is 1. The van der Waals surface area contributed by atoms with Gasteiger partial charge in [0.25, 0.3) is 0 Å². The first-order valence-corrected chi connectivity index (χ1v) is 17.0. The molecule has 0 saturated carbocycles. The summed E-state index contributed by atoms with van der Waals surface area (Å²) < 4.78 is 23.9. The Bertz CT molecular complexity index is 1400. The number of halogens is 1. The van der Waals surface area contributed by atoms with Gasteiger partial charge in [0.15, 0.2) is 5.11 Å². The fourth-order valence-electron chi connectivity index (χ4n) is 2.59. The number of carbonyl (C=O) groups excluding carboxylic acids is 9. The van der Waals surface area contributed by atoms with Gasteiger partial charge in [-0.2, -0.15) is 4.99 Å². The van der Waals surface area contributed by atoms with Crippen molar-refractivity contribution in [3.05, 3.63) is 0 Å². The number of aliphatic carboxylic acids is 1. The number of esters is 6. The first kappa shape index (κ1) is 60.1. The van der Waals surface area contributed by atoms with Gasteiger partial charge in [0.1, 0.15) is 34.5 Å². The number of aliphatic imine (C=N–C) groups is 1. The van der Waals surface area contributed by atoms with Crippen LogP contribution in [0, 0.1) is 5.53 Å². The van der Waals surface area contributed by atoms with Crippen LogP contribution in [0.5, 0.6) is 0 Å². The van der Waals surface area contributed by atoms with Crippen LogP contribution in [0.25, 0.3) is 0 Å². The van der Waals surface area contributed by atoms with Crippen molar-refractivity contribution in [2.45, 2.75) is 158 Å². The molecular formula is C35H58ClN4O16+. The zero-order valence-corrected chi connectivity index (χ0v) is 35.5. The topological polar surface area (TPSA) is 300 Å². The van der Waals surface area contributed by atoms with Gasteiger partial charge < -0.3 is 28.8 Å². The van der Waals surface area contributed by atoms with Crippen LogP contribution in [0.15, 0.2) is 10.1 Å². The predicted molar refractivity (Wildman–Crippen MR) is 197 cm³/mol. The Balaban J connectivity index is -0.000000201. The predicted octanol–water partition coefficient (Wildman–Crippen LogP) is 5.01. The van der Waals surface area contributed by atoms with Crippen LogP contribution >= 0.6 is 11.6 Å². The van der Waals surface area contributed by atoms with Gasteiger partial charge in [-0.25, -0.2) is 9.59 Å². The van der Waals surface area contributed by atoms with E-state index in [0.29, 0.717) is 0 Å². The van der Waals surface area contributed by atoms with E-state index in [4.69, 9.17) is 29.6 Å². The number of carbonyl (C=O) groups is 9. The van der Waals surface area contributed by atoms with Crippen molar-refractivity contribution in [1.82, 2.24) is 4.91 Å². The molecule has 0 fully saturated rings. The fraction of sp³-hybridized carbons (Fsp3) is 0.714. The number of nitrogens with one attached hydrogen (secondary N) is 1. The van der Waals surface area contributed by atoms with Crippen molar-refractivity contribution in [3.8, 4) is 0 Å². The molecule has 2 N–H and O–H groups in total. The Morgan fingerprint density at radius 2 is 0.893 bits per heavy atom. The molecule has 0 spiro atoms. The highest BCUT2D eigenvalue weighted by Crippen LogP contribution is 2.11. The Morgan fingerprint density at radius 3 is 1.18 bits per heavy atom. The Hall–Kier alpha value is -5.19. The first-order chi connectivity index (χ1) is 25.0. The van der Waals surface area contributed by atoms with Gasteiger partial charge in [-0.15, -0.1) is 0 Å². The lowest BCUT2D eigenvalue weighted by Crippen LogP contribution is -2.25. The summed E-state index contributed by atoms with van der Waals surface area (Å²) in [6.07, 6.45) is 0.695. The van der Waals surface area contributed by atoms with Gasteiger partial charge in [0.05, 0.1) is 32.1 Å². The third kappa shape index (κ3) is 67.0. The second kappa shape index (κ2) is 31.1. The van der Waals surface area contributed by atoms with Gasteiger partial charge >= 0.3 is 47.7 Å². The quantitative estimate of drug-likeness (QED) is 0.0404. The average Bonchev–Trinajstić information content (AvgIpc) is 2.94. The maximum Gasteiger partial charge on any atom is 0.330 e. The van der Waals surface area contributed by atoms with Crippen molar-refractivity contribution >= 4 is 70.6 Å². The molecular weight excluding hydrogens is 768 g/mol. The van der Waals surface area contributed by atoms with Gasteiger partial charge in [-0.1, -0.05) is 0 Å². The van der Waals surface area contributed by atoms with Crippen LogP contribution in [0.4, 0.5) is 0 Å². The van der Waals surface area contributed by atoms with E-state index in [1.165, 1.54) is 13.0 Å². The van der Waals surface area contributed by atoms with Crippen LogP contribution in [0.3, 0.4) is 0 Å². The van der Waals surface area contributed by atoms with E-state index in [1.54, 1.807) is 83.1 Å². The highest BCUT2D eigenvalue weighted by Gasteiger charge is 2.20. The van der Waals surface area contributed by atoms with E-state index in [-0.39, 0.29) is 50.3 Å². The van der Waals surface area contributed by atoms with Crippen molar-refractivity contribution < 1.29 is 76.7 Å². The molecule has 0 saturated heterocycles. The summed E-state index contributed by atoms with van der Waals surface area (Å²) in [5.41, 5.74) is 4.12. The molecule has 0 rings (SSSR count). The molecule has 56 heavy (non-hydrogen) atoms. The number of hydrogen-bond acceptors (Lipinski definition) is 17. The number of hydrogen-bond donors (Lipinski definition) is 2. The van der Waals surface area contributed by atoms with Gasteiger partial charge in [-0.05, 0) is 94.7 Å². The van der Waals surface area contributed by atoms with Crippen molar-refractivity contribution in [2.24, 2.45) is 10.1 Å². The van der Waals surface area contributed by atoms with Crippen molar-refractivity contribution in [1.29, 1.82) is 5.53 Å². The second-order valence-corrected chi connectivity index (χ2v) is 15.2. The molecule has 0 atom stereocenters. The minimum atomic E-state index is -0.985. The van der Waals surface area contributed by atoms with E-state index in [2.05, 4.69) is 31.4 Å². The second-order valence-electron chi connectivity index (χ2n) is 14.7. The summed E-state index contributed by atoms with van der Waals surface area (Å²) >= 11 is 4.64. The zero-order valence-electron chi connectivity index (χ0n) is 34.7. The van der Waals surface area contributed by atoms with Crippen LogP contribution in [-0.4, -0.2) is 93.1 Å². The Morgan fingerprint density at radius 1 is 0.589 bits per heavy atom. The summed E-state index contributed by atoms with van der Waals surface area (Å²) in [6.45, 7) is 23.1. The number of carboxylic acids is 1. The lowest BCUT2D eigenvalue weighted by atomic mass is 10.2. The maximum absolute atomic E-state index is 11.1. The minimum Gasteiger partial charge on any atom is -0.481 e. The molecule has 0 heterocycles. The normalized spacial score (nSPS) is 10.2. The molecule has 320 valence electrons. The Labute approximate surface area is 331 Å². The van der Waals surface area contributed by atoms with Crippen LogP contribution in [0.1, 0.15) is 135 Å². The molecule has 0 aromatic heterocycles.